The van der Waals surface area contributed by atoms with E-state index in [-0.39, 0.29) is 0 Å². The highest BCUT2D eigenvalue weighted by atomic mass is 32.2. The monoisotopic (exact) mass is 323 g/mol. The fraction of sp³-hybridized carbons (Fsp3) is 0.562. The van der Waals surface area contributed by atoms with E-state index < -0.39 is 0 Å². The minimum Gasteiger partial charge on any atom is -0.389 e. The van der Waals surface area contributed by atoms with E-state index in [4.69, 9.17) is 18.0 Å². The summed E-state index contributed by atoms with van der Waals surface area (Å²) >= 11 is 6.99. The predicted molar refractivity (Wildman–Crippen MR) is 97.6 cm³/mol. The Bertz CT molecular complexity index is 496. The average Bonchev–Trinajstić information content (AvgIpc) is 2.53. The Balaban J connectivity index is 2.19. The van der Waals surface area contributed by atoms with Crippen LogP contribution in [0.15, 0.2) is 23.1 Å². The van der Waals surface area contributed by atoms with Crippen molar-refractivity contribution in [3.8, 4) is 0 Å². The van der Waals surface area contributed by atoms with Crippen LogP contribution in [0.1, 0.15) is 25.8 Å². The van der Waals surface area contributed by atoms with Crippen molar-refractivity contribution in [1.29, 1.82) is 0 Å². The maximum Gasteiger partial charge on any atom is 0.107 e. The molecule has 1 heterocycles. The van der Waals surface area contributed by atoms with Crippen LogP contribution in [0.4, 0.5) is 5.69 Å². The number of thiocarbonyl (C=S) groups is 1. The molecule has 0 spiro atoms. The quantitative estimate of drug-likeness (QED) is 0.665. The number of nitrogens with two attached hydrogens (primary N) is 1. The van der Waals surface area contributed by atoms with Crippen molar-refractivity contribution in [3.63, 3.8) is 0 Å². The molecule has 2 rings (SSSR count). The van der Waals surface area contributed by atoms with E-state index in [1.807, 2.05) is 0 Å². The van der Waals surface area contributed by atoms with Gasteiger partial charge in [-0.15, -0.1) is 11.8 Å². The van der Waals surface area contributed by atoms with Gasteiger partial charge in [-0.25, -0.2) is 0 Å². The van der Waals surface area contributed by atoms with E-state index in [1.165, 1.54) is 17.0 Å². The Labute approximate surface area is 137 Å². The first-order valence-electron chi connectivity index (χ1n) is 7.54. The second-order valence-electron chi connectivity index (χ2n) is 5.50. The van der Waals surface area contributed by atoms with Crippen LogP contribution >= 0.6 is 24.0 Å². The van der Waals surface area contributed by atoms with Crippen molar-refractivity contribution >= 4 is 34.7 Å². The van der Waals surface area contributed by atoms with E-state index in [2.05, 4.69) is 48.1 Å². The molecular weight excluding hydrogens is 298 g/mol. The molecule has 1 saturated heterocycles. The molecule has 0 aliphatic carbocycles. The van der Waals surface area contributed by atoms with E-state index in [1.54, 1.807) is 11.8 Å². The van der Waals surface area contributed by atoms with Gasteiger partial charge >= 0.3 is 0 Å². The van der Waals surface area contributed by atoms with Crippen LogP contribution in [0.3, 0.4) is 0 Å². The Hall–Kier alpha value is -0.780. The molecule has 0 amide bonds. The lowest BCUT2D eigenvalue weighted by molar-refractivity contribution is 0.193. The first-order valence-corrected chi connectivity index (χ1v) is 9.17. The van der Waals surface area contributed by atoms with Crippen LogP contribution in [-0.2, 0) is 0 Å². The molecular formula is C16H25N3S2. The summed E-state index contributed by atoms with van der Waals surface area (Å²) in [5.74, 6) is 0. The van der Waals surface area contributed by atoms with Gasteiger partial charge in [0.25, 0.3) is 0 Å². The van der Waals surface area contributed by atoms with Crippen LogP contribution in [0.5, 0.6) is 0 Å². The summed E-state index contributed by atoms with van der Waals surface area (Å²) in [6, 6.07) is 7.01. The van der Waals surface area contributed by atoms with Gasteiger partial charge < -0.3 is 10.6 Å². The zero-order chi connectivity index (χ0) is 15.4. The molecule has 2 N–H and O–H groups in total. The number of benzene rings is 1. The normalized spacial score (nSPS) is 17.8. The van der Waals surface area contributed by atoms with Gasteiger partial charge in [-0.3, -0.25) is 4.90 Å². The molecule has 1 atom stereocenters. The summed E-state index contributed by atoms with van der Waals surface area (Å²) < 4.78 is 0. The van der Waals surface area contributed by atoms with Crippen LogP contribution < -0.4 is 10.6 Å². The smallest absolute Gasteiger partial charge is 0.107 e. The summed E-state index contributed by atoms with van der Waals surface area (Å²) in [6.45, 7) is 8.86. The Morgan fingerprint density at radius 1 is 1.33 bits per heavy atom. The highest BCUT2D eigenvalue weighted by molar-refractivity contribution is 7.98. The van der Waals surface area contributed by atoms with Gasteiger partial charge in [0.15, 0.2) is 0 Å². The van der Waals surface area contributed by atoms with Gasteiger partial charge in [-0.1, -0.05) is 25.2 Å². The molecule has 1 unspecified atom stereocenters. The van der Waals surface area contributed by atoms with Gasteiger partial charge in [-0.2, -0.15) is 0 Å². The van der Waals surface area contributed by atoms with Crippen LogP contribution in [0.2, 0.25) is 0 Å². The molecule has 116 valence electrons. The van der Waals surface area contributed by atoms with Crippen LogP contribution in [-0.4, -0.2) is 48.4 Å². The molecule has 21 heavy (non-hydrogen) atoms. The topological polar surface area (TPSA) is 32.5 Å². The summed E-state index contributed by atoms with van der Waals surface area (Å²) in [5.41, 5.74) is 8.21. The van der Waals surface area contributed by atoms with E-state index in [9.17, 15) is 0 Å². The number of thioether (sulfide) groups is 1. The van der Waals surface area contributed by atoms with Gasteiger partial charge in [0.05, 0.1) is 0 Å². The fourth-order valence-corrected chi connectivity index (χ4v) is 3.78. The molecule has 1 aromatic rings. The fourth-order valence-electron chi connectivity index (χ4n) is 2.86. The molecule has 1 aliphatic heterocycles. The lowest BCUT2D eigenvalue weighted by Gasteiger charge is -2.39. The Morgan fingerprint density at radius 3 is 2.52 bits per heavy atom. The molecule has 3 nitrogen and oxygen atoms in total. The summed E-state index contributed by atoms with van der Waals surface area (Å²) in [6.07, 6.45) is 3.28. The van der Waals surface area contributed by atoms with Crippen molar-refractivity contribution in [1.82, 2.24) is 4.90 Å². The van der Waals surface area contributed by atoms with E-state index in [0.717, 1.165) is 31.7 Å². The number of nitrogens with zero attached hydrogens (tertiary/aromatic N) is 2. The third-order valence-electron chi connectivity index (χ3n) is 4.34. The first kappa shape index (κ1) is 16.6. The second kappa shape index (κ2) is 7.47. The summed E-state index contributed by atoms with van der Waals surface area (Å²) in [4.78, 5) is 6.66. The van der Waals surface area contributed by atoms with E-state index >= 15 is 0 Å². The molecule has 1 aromatic carbocycles. The number of rotatable bonds is 5. The average molecular weight is 324 g/mol. The number of anilines is 1. The predicted octanol–water partition coefficient (Wildman–Crippen LogP) is 2.96. The highest BCUT2D eigenvalue weighted by Crippen LogP contribution is 2.30. The minimum atomic E-state index is 0.499. The summed E-state index contributed by atoms with van der Waals surface area (Å²) in [7, 11) is 0. The minimum absolute atomic E-state index is 0.499. The standard InChI is InChI=1S/C16H25N3S2/c1-4-12(2)18-8-10-19(11-9-18)13-6-5-7-14(21-3)15(13)16(17)20/h5-7,12H,4,8-11H2,1-3H3,(H2,17,20). The number of piperazine rings is 1. The lowest BCUT2D eigenvalue weighted by Crippen LogP contribution is -2.49. The maximum absolute atomic E-state index is 5.98. The zero-order valence-electron chi connectivity index (χ0n) is 13.1. The van der Waals surface area contributed by atoms with Crippen LogP contribution in [0, 0.1) is 0 Å². The van der Waals surface area contributed by atoms with Gasteiger partial charge in [0.2, 0.25) is 0 Å². The molecule has 1 fully saturated rings. The lowest BCUT2D eigenvalue weighted by atomic mass is 10.1. The molecule has 0 saturated carbocycles. The SMILES string of the molecule is CCC(C)N1CCN(c2cccc(SC)c2C(N)=S)CC1. The van der Waals surface area contributed by atoms with Gasteiger partial charge in [0.1, 0.15) is 4.99 Å². The molecule has 5 heteroatoms. The number of hydrogen-bond donors (Lipinski definition) is 1. The number of hydrogen-bond acceptors (Lipinski definition) is 4. The highest BCUT2D eigenvalue weighted by Gasteiger charge is 2.23. The largest absolute Gasteiger partial charge is 0.389 e. The van der Waals surface area contributed by atoms with Gasteiger partial charge in [0, 0.05) is 48.4 Å². The summed E-state index contributed by atoms with van der Waals surface area (Å²) in [5, 5.41) is 0. The Morgan fingerprint density at radius 2 is 2.00 bits per heavy atom. The Kier molecular flexibility index (Phi) is 5.90. The third kappa shape index (κ3) is 3.71. The van der Waals surface area contributed by atoms with Gasteiger partial charge in [-0.05, 0) is 31.7 Å². The molecule has 1 aliphatic rings. The van der Waals surface area contributed by atoms with Crippen molar-refractivity contribution < 1.29 is 0 Å². The van der Waals surface area contributed by atoms with Crippen molar-refractivity contribution in [2.75, 3.05) is 37.3 Å². The first-order chi connectivity index (χ1) is 10.1. The molecule has 0 bridgehead atoms. The zero-order valence-corrected chi connectivity index (χ0v) is 14.8. The van der Waals surface area contributed by atoms with E-state index in [0.29, 0.717) is 11.0 Å². The van der Waals surface area contributed by atoms with Crippen molar-refractivity contribution in [2.24, 2.45) is 5.73 Å². The van der Waals surface area contributed by atoms with Crippen molar-refractivity contribution in [2.45, 2.75) is 31.2 Å². The second-order valence-corrected chi connectivity index (χ2v) is 6.79. The maximum atomic E-state index is 5.98. The van der Waals surface area contributed by atoms with Crippen molar-refractivity contribution in [3.05, 3.63) is 23.8 Å². The third-order valence-corrected chi connectivity index (χ3v) is 5.32. The molecule has 0 aromatic heterocycles. The van der Waals surface area contributed by atoms with Crippen LogP contribution in [0.25, 0.3) is 0 Å². The molecule has 0 radical (unpaired) electrons.